The molecule has 4 aromatic carbocycles. The number of aliphatic hydroxyl groups is 4. The van der Waals surface area contributed by atoms with E-state index in [4.69, 9.17) is 14.2 Å². The van der Waals surface area contributed by atoms with Crippen molar-refractivity contribution in [2.45, 2.75) is 56.4 Å². The highest BCUT2D eigenvalue weighted by atomic mass is 16.7. The van der Waals surface area contributed by atoms with Crippen LogP contribution < -0.4 is 9.47 Å². The number of phenolic OH excluding ortho intramolecular Hbond substituents is 4. The molecule has 8 N–H and O–H groups in total. The number of carbonyl (C=O) groups is 2. The number of methoxy groups -OCH3 is 1. The Morgan fingerprint density at radius 2 is 1.14 bits per heavy atom. The summed E-state index contributed by atoms with van der Waals surface area (Å²) in [6, 6.07) is 11.5. The van der Waals surface area contributed by atoms with Gasteiger partial charge in [-0.3, -0.25) is 9.59 Å². The molecule has 1 heterocycles. The van der Waals surface area contributed by atoms with Gasteiger partial charge < -0.3 is 55.1 Å². The molecule has 7 rings (SSSR count). The second-order valence-corrected chi connectivity index (χ2v) is 12.9. The van der Waals surface area contributed by atoms with Crippen molar-refractivity contribution in [2.24, 2.45) is 0 Å². The molecule has 13 nitrogen and oxygen atoms in total. The first-order valence-electron chi connectivity index (χ1n) is 15.8. The predicted molar refractivity (Wildman–Crippen MR) is 173 cm³/mol. The third-order valence-electron chi connectivity index (χ3n) is 9.73. The van der Waals surface area contributed by atoms with Crippen LogP contribution in [0, 0.1) is 13.8 Å². The second-order valence-electron chi connectivity index (χ2n) is 12.9. The number of carbonyl (C=O) groups excluding carboxylic acids is 2. The Kier molecular flexibility index (Phi) is 8.00. The highest BCUT2D eigenvalue weighted by Crippen LogP contribution is 2.57. The minimum atomic E-state index is -1.83. The van der Waals surface area contributed by atoms with Gasteiger partial charge in [-0.15, -0.1) is 0 Å². The summed E-state index contributed by atoms with van der Waals surface area (Å²) < 4.78 is 17.3. The summed E-state index contributed by atoms with van der Waals surface area (Å²) in [7, 11) is 1.37. The van der Waals surface area contributed by atoms with Gasteiger partial charge in [-0.25, -0.2) is 0 Å². The minimum absolute atomic E-state index is 0.0911. The van der Waals surface area contributed by atoms with E-state index in [1.165, 1.54) is 31.4 Å². The van der Waals surface area contributed by atoms with Crippen LogP contribution in [0.2, 0.25) is 0 Å². The Hall–Kier alpha value is -5.18. The number of aliphatic hydroxyl groups excluding tert-OH is 4. The van der Waals surface area contributed by atoms with Crippen LogP contribution in [0.3, 0.4) is 0 Å². The molecule has 1 aliphatic heterocycles. The SMILES string of the molecule is COc1cc(O[C@@H]2O[C@H](CO)[C@@H](O)[C@H](O)[C@H]2O)c2c(c1)[C@H]([C@H]1c3cc(C)cc(O)c3C(=O)c3c(O)cc(O)cc31)c1cc(C)cc(O)c1C2=O. The summed E-state index contributed by atoms with van der Waals surface area (Å²) in [5, 5.41) is 85.6. The lowest BCUT2D eigenvalue weighted by Gasteiger charge is -2.41. The first-order valence-corrected chi connectivity index (χ1v) is 15.8. The van der Waals surface area contributed by atoms with Gasteiger partial charge >= 0.3 is 0 Å². The molecule has 0 saturated carbocycles. The largest absolute Gasteiger partial charge is 0.508 e. The van der Waals surface area contributed by atoms with Crippen molar-refractivity contribution in [3.63, 3.8) is 0 Å². The first-order chi connectivity index (χ1) is 23.7. The number of benzene rings is 4. The number of hydrogen-bond donors (Lipinski definition) is 8. The van der Waals surface area contributed by atoms with Crippen molar-refractivity contribution >= 4 is 11.6 Å². The van der Waals surface area contributed by atoms with Crippen molar-refractivity contribution in [3.8, 4) is 34.5 Å². The fourth-order valence-electron chi connectivity index (χ4n) is 7.60. The zero-order chi connectivity index (χ0) is 35.9. The Labute approximate surface area is 284 Å². The lowest BCUT2D eigenvalue weighted by Crippen LogP contribution is -2.60. The zero-order valence-electron chi connectivity index (χ0n) is 27.0. The van der Waals surface area contributed by atoms with Crippen LogP contribution in [0.1, 0.15) is 77.1 Å². The molecule has 0 spiro atoms. The van der Waals surface area contributed by atoms with Crippen LogP contribution in [-0.2, 0) is 4.74 Å². The minimum Gasteiger partial charge on any atom is -0.508 e. The van der Waals surface area contributed by atoms with E-state index in [0.717, 1.165) is 6.07 Å². The molecule has 0 amide bonds. The molecule has 3 aliphatic rings. The van der Waals surface area contributed by atoms with Crippen LogP contribution in [0.25, 0.3) is 0 Å². The standard InChI is InChI=1S/C37H34O13/c1-13-4-17-26(19-8-15(39)9-23(42)30(19)33(44)28(17)21(40)6-13)27-18-5-14(2)7-22(41)29(18)34(45)31-20(27)10-16(48-3)11-24(31)49-37-36(47)35(46)32(43)25(12-38)50-37/h4-11,25-27,32,35-43,46-47H,12H2,1-3H3/t25-,26+,27-,32-,35+,36-,37-/m1/s1. The van der Waals surface area contributed by atoms with E-state index in [-0.39, 0.29) is 62.1 Å². The summed E-state index contributed by atoms with van der Waals surface area (Å²) in [6.45, 7) is 2.71. The highest BCUT2D eigenvalue weighted by Gasteiger charge is 2.48. The molecule has 260 valence electrons. The lowest BCUT2D eigenvalue weighted by molar-refractivity contribution is -0.277. The molecule has 1 saturated heterocycles. The Morgan fingerprint density at radius 3 is 1.68 bits per heavy atom. The van der Waals surface area contributed by atoms with Crippen LogP contribution in [0.5, 0.6) is 34.5 Å². The zero-order valence-corrected chi connectivity index (χ0v) is 27.0. The number of ketones is 2. The topological polar surface area (TPSA) is 224 Å². The Bertz CT molecular complexity index is 2030. The molecule has 0 unspecified atom stereocenters. The maximum Gasteiger partial charge on any atom is 0.229 e. The smallest absolute Gasteiger partial charge is 0.229 e. The van der Waals surface area contributed by atoms with Gasteiger partial charge in [0, 0.05) is 24.0 Å². The Balaban J connectivity index is 1.54. The van der Waals surface area contributed by atoms with Crippen LogP contribution >= 0.6 is 0 Å². The van der Waals surface area contributed by atoms with Crippen molar-refractivity contribution < 1.29 is 64.7 Å². The van der Waals surface area contributed by atoms with Gasteiger partial charge in [0.05, 0.1) is 36.0 Å². The van der Waals surface area contributed by atoms with Gasteiger partial charge in [-0.05, 0) is 71.5 Å². The molecule has 13 heteroatoms. The maximum absolute atomic E-state index is 14.5. The van der Waals surface area contributed by atoms with Crippen molar-refractivity contribution in [2.75, 3.05) is 13.7 Å². The molecular weight excluding hydrogens is 652 g/mol. The fraction of sp³-hybridized carbons (Fsp3) is 0.297. The van der Waals surface area contributed by atoms with E-state index < -0.39 is 66.5 Å². The number of aromatic hydroxyl groups is 4. The van der Waals surface area contributed by atoms with Gasteiger partial charge in [0.2, 0.25) is 17.9 Å². The van der Waals surface area contributed by atoms with E-state index in [1.54, 1.807) is 32.0 Å². The molecular formula is C37H34O13. The van der Waals surface area contributed by atoms with Crippen LogP contribution in [0.15, 0.2) is 48.5 Å². The van der Waals surface area contributed by atoms with Gasteiger partial charge in [-0.1, -0.05) is 12.1 Å². The number of ether oxygens (including phenoxy) is 3. The molecule has 0 aromatic heterocycles. The third kappa shape index (κ3) is 4.96. The number of phenols is 4. The van der Waals surface area contributed by atoms with E-state index in [1.807, 2.05) is 0 Å². The summed E-state index contributed by atoms with van der Waals surface area (Å²) in [4.78, 5) is 28.5. The van der Waals surface area contributed by atoms with Gasteiger partial charge in [0.15, 0.2) is 0 Å². The van der Waals surface area contributed by atoms with E-state index in [9.17, 15) is 50.4 Å². The molecule has 50 heavy (non-hydrogen) atoms. The highest BCUT2D eigenvalue weighted by molar-refractivity contribution is 6.18. The van der Waals surface area contributed by atoms with E-state index in [2.05, 4.69) is 0 Å². The average Bonchev–Trinajstić information content (AvgIpc) is 3.04. The monoisotopic (exact) mass is 686 g/mol. The van der Waals surface area contributed by atoms with Crippen LogP contribution in [0.4, 0.5) is 0 Å². The van der Waals surface area contributed by atoms with Crippen molar-refractivity contribution in [1.82, 2.24) is 0 Å². The van der Waals surface area contributed by atoms with Gasteiger partial charge in [0.25, 0.3) is 0 Å². The summed E-state index contributed by atoms with van der Waals surface area (Å²) in [6.07, 6.45) is -8.29. The second kappa shape index (κ2) is 12.0. The fourth-order valence-corrected chi connectivity index (χ4v) is 7.60. The molecule has 0 bridgehead atoms. The summed E-state index contributed by atoms with van der Waals surface area (Å²) >= 11 is 0. The average molecular weight is 687 g/mol. The van der Waals surface area contributed by atoms with E-state index in [0.29, 0.717) is 22.3 Å². The molecule has 2 aliphatic carbocycles. The number of hydrogen-bond acceptors (Lipinski definition) is 13. The van der Waals surface area contributed by atoms with Gasteiger partial charge in [-0.2, -0.15) is 0 Å². The normalized spacial score (nSPS) is 25.3. The molecule has 1 fully saturated rings. The number of fused-ring (bicyclic) bond motifs is 4. The first kappa shape index (κ1) is 33.3. The summed E-state index contributed by atoms with van der Waals surface area (Å²) in [5.74, 6) is -4.97. The number of rotatable bonds is 5. The van der Waals surface area contributed by atoms with Crippen molar-refractivity contribution in [1.29, 1.82) is 0 Å². The molecule has 7 atom stereocenters. The number of aryl methyl sites for hydroxylation is 2. The van der Waals surface area contributed by atoms with Gasteiger partial charge in [0.1, 0.15) is 58.9 Å². The Morgan fingerprint density at radius 1 is 0.640 bits per heavy atom. The van der Waals surface area contributed by atoms with E-state index >= 15 is 0 Å². The maximum atomic E-state index is 14.5. The predicted octanol–water partition coefficient (Wildman–Crippen LogP) is 2.37. The van der Waals surface area contributed by atoms with Crippen molar-refractivity contribution in [3.05, 3.63) is 104 Å². The quantitative estimate of drug-likeness (QED) is 0.151. The summed E-state index contributed by atoms with van der Waals surface area (Å²) in [5.41, 5.74) is 1.77. The molecule has 0 radical (unpaired) electrons. The lowest BCUT2D eigenvalue weighted by atomic mass is 9.63. The molecule has 4 aromatic rings. The van der Waals surface area contributed by atoms with Crippen LogP contribution in [-0.4, -0.2) is 96.8 Å². The third-order valence-corrected chi connectivity index (χ3v) is 9.73.